The van der Waals surface area contributed by atoms with Crippen molar-refractivity contribution in [2.45, 2.75) is 20.0 Å². The van der Waals surface area contributed by atoms with Crippen LogP contribution in [0.2, 0.25) is 0 Å². The van der Waals surface area contributed by atoms with Gasteiger partial charge in [-0.3, -0.25) is 4.79 Å². The summed E-state index contributed by atoms with van der Waals surface area (Å²) in [5.74, 6) is 3.45. The van der Waals surface area contributed by atoms with Crippen LogP contribution < -0.4 is 29.0 Å². The van der Waals surface area contributed by atoms with Crippen molar-refractivity contribution in [3.63, 3.8) is 0 Å². The molecule has 2 aromatic heterocycles. The third kappa shape index (κ3) is 4.23. The first-order chi connectivity index (χ1) is 16.0. The summed E-state index contributed by atoms with van der Waals surface area (Å²) in [6.07, 6.45) is 1.33. The van der Waals surface area contributed by atoms with E-state index in [4.69, 9.17) is 18.9 Å². The normalized spacial score (nSPS) is 15.9. The number of fused-ring (bicyclic) bond motifs is 2. The molecule has 0 fully saturated rings. The molecule has 0 bridgehead atoms. The van der Waals surface area contributed by atoms with Gasteiger partial charge < -0.3 is 18.9 Å². The molecule has 3 heterocycles. The van der Waals surface area contributed by atoms with Gasteiger partial charge in [0, 0.05) is 0 Å². The largest absolute Gasteiger partial charge is 0.493 e. The van der Waals surface area contributed by atoms with E-state index in [9.17, 15) is 4.79 Å². The molecule has 0 saturated carbocycles. The lowest BCUT2D eigenvalue weighted by molar-refractivity contribution is 0.0852. The van der Waals surface area contributed by atoms with Crippen molar-refractivity contribution in [2.24, 2.45) is 5.92 Å². The lowest BCUT2D eigenvalue weighted by Crippen LogP contribution is -2.26. The lowest BCUT2D eigenvalue weighted by Gasteiger charge is -2.24. The SMILES string of the molecule is COc1cc(/C=c2/sc3nc([C@H]4COc5ccccc5O4)nn3c2=O)ccc1OCC(C)C. The Kier molecular flexibility index (Phi) is 5.63. The second-order valence-corrected chi connectivity index (χ2v) is 9.07. The number of benzene rings is 2. The highest BCUT2D eigenvalue weighted by Gasteiger charge is 2.27. The van der Waals surface area contributed by atoms with Gasteiger partial charge in [0.05, 0.1) is 18.2 Å². The molecule has 8 nitrogen and oxygen atoms in total. The van der Waals surface area contributed by atoms with Crippen LogP contribution in [0.4, 0.5) is 0 Å². The second kappa shape index (κ2) is 8.74. The maximum Gasteiger partial charge on any atom is 0.291 e. The van der Waals surface area contributed by atoms with E-state index in [1.165, 1.54) is 15.9 Å². The Morgan fingerprint density at radius 1 is 1.21 bits per heavy atom. The fourth-order valence-electron chi connectivity index (χ4n) is 3.43. The summed E-state index contributed by atoms with van der Waals surface area (Å²) < 4.78 is 24.8. The molecule has 0 aliphatic carbocycles. The summed E-state index contributed by atoms with van der Waals surface area (Å²) in [4.78, 5) is 18.0. The van der Waals surface area contributed by atoms with Crippen molar-refractivity contribution in [1.29, 1.82) is 0 Å². The molecule has 0 unspecified atom stereocenters. The maximum atomic E-state index is 12.9. The maximum absolute atomic E-state index is 12.9. The molecule has 0 N–H and O–H groups in total. The number of para-hydroxylation sites is 2. The minimum Gasteiger partial charge on any atom is -0.493 e. The summed E-state index contributed by atoms with van der Waals surface area (Å²) in [7, 11) is 1.60. The zero-order chi connectivity index (χ0) is 22.9. The predicted octanol–water partition coefficient (Wildman–Crippen LogP) is 3.25. The van der Waals surface area contributed by atoms with Crippen LogP contribution in [0, 0.1) is 5.92 Å². The molecule has 0 saturated heterocycles. The van der Waals surface area contributed by atoms with Crippen LogP contribution in [0.25, 0.3) is 11.0 Å². The first kappa shape index (κ1) is 21.3. The highest BCUT2D eigenvalue weighted by molar-refractivity contribution is 7.15. The molecule has 1 aliphatic rings. The molecule has 9 heteroatoms. The predicted molar refractivity (Wildman–Crippen MR) is 125 cm³/mol. The number of hydrogen-bond donors (Lipinski definition) is 0. The van der Waals surface area contributed by atoms with Crippen molar-refractivity contribution < 1.29 is 18.9 Å². The van der Waals surface area contributed by atoms with Crippen LogP contribution >= 0.6 is 11.3 Å². The van der Waals surface area contributed by atoms with E-state index >= 15 is 0 Å². The summed E-state index contributed by atoms with van der Waals surface area (Å²) >= 11 is 1.27. The zero-order valence-corrected chi connectivity index (χ0v) is 19.3. The Labute approximate surface area is 194 Å². The second-order valence-electron chi connectivity index (χ2n) is 8.06. The molecule has 5 rings (SSSR count). The summed E-state index contributed by atoms with van der Waals surface area (Å²) in [5.41, 5.74) is 0.594. The molecule has 1 aliphatic heterocycles. The van der Waals surface area contributed by atoms with Crippen LogP contribution in [0.15, 0.2) is 47.3 Å². The molecule has 1 atom stereocenters. The smallest absolute Gasteiger partial charge is 0.291 e. The van der Waals surface area contributed by atoms with E-state index in [-0.39, 0.29) is 12.2 Å². The fourth-order valence-corrected chi connectivity index (χ4v) is 4.35. The average Bonchev–Trinajstić information content (AvgIpc) is 3.37. The number of nitrogens with zero attached hydrogens (tertiary/aromatic N) is 3. The number of thiazole rings is 1. The molecule has 4 aromatic rings. The third-order valence-corrected chi connectivity index (χ3v) is 6.01. The molecule has 2 aromatic carbocycles. The van der Waals surface area contributed by atoms with Gasteiger partial charge in [-0.15, -0.1) is 5.10 Å². The Hall–Kier alpha value is -3.59. The molecule has 33 heavy (non-hydrogen) atoms. The van der Waals surface area contributed by atoms with Gasteiger partial charge in [0.2, 0.25) is 4.96 Å². The van der Waals surface area contributed by atoms with Crippen LogP contribution in [-0.2, 0) is 0 Å². The van der Waals surface area contributed by atoms with Gasteiger partial charge in [-0.1, -0.05) is 43.4 Å². The lowest BCUT2D eigenvalue weighted by atomic mass is 10.2. The van der Waals surface area contributed by atoms with Crippen LogP contribution in [0.1, 0.15) is 31.3 Å². The Morgan fingerprint density at radius 3 is 2.79 bits per heavy atom. The van der Waals surface area contributed by atoms with Crippen LogP contribution in [0.5, 0.6) is 23.0 Å². The van der Waals surface area contributed by atoms with Crippen LogP contribution in [-0.4, -0.2) is 34.9 Å². The minimum atomic E-state index is -0.471. The monoisotopic (exact) mass is 465 g/mol. The van der Waals surface area contributed by atoms with E-state index in [0.717, 1.165) is 5.56 Å². The van der Waals surface area contributed by atoms with Crippen molar-refractivity contribution >= 4 is 22.4 Å². The summed E-state index contributed by atoms with van der Waals surface area (Å²) in [6.45, 7) is 5.06. The van der Waals surface area contributed by atoms with Crippen molar-refractivity contribution in [1.82, 2.24) is 14.6 Å². The topological polar surface area (TPSA) is 84.2 Å². The van der Waals surface area contributed by atoms with Gasteiger partial charge >= 0.3 is 0 Å². The standard InChI is InChI=1S/C24H23N3O5S/c1-14(2)12-30-17-9-8-15(10-19(17)29-3)11-21-23(28)27-24(33-21)25-22(26-27)20-13-31-16-6-4-5-7-18(16)32-20/h4-11,14,20H,12-13H2,1-3H3/b21-11+/t20-/m1/s1. The van der Waals surface area contributed by atoms with Crippen molar-refractivity contribution in [3.8, 4) is 23.0 Å². The van der Waals surface area contributed by atoms with Gasteiger partial charge in [0.25, 0.3) is 5.56 Å². The van der Waals surface area contributed by atoms with Crippen LogP contribution in [0.3, 0.4) is 0 Å². The van der Waals surface area contributed by atoms with Gasteiger partial charge in [-0.05, 0) is 41.8 Å². The number of ether oxygens (including phenoxy) is 4. The minimum absolute atomic E-state index is 0.232. The van der Waals surface area contributed by atoms with E-state index in [2.05, 4.69) is 23.9 Å². The van der Waals surface area contributed by atoms with Gasteiger partial charge in [-0.2, -0.15) is 9.50 Å². The molecule has 0 spiro atoms. The van der Waals surface area contributed by atoms with Crippen molar-refractivity contribution in [2.75, 3.05) is 20.3 Å². The Morgan fingerprint density at radius 2 is 2.03 bits per heavy atom. The number of hydrogen-bond acceptors (Lipinski definition) is 8. The molecule has 170 valence electrons. The van der Waals surface area contributed by atoms with Gasteiger partial charge in [-0.25, -0.2) is 0 Å². The van der Waals surface area contributed by atoms with Gasteiger partial charge in [0.1, 0.15) is 6.61 Å². The van der Waals surface area contributed by atoms with E-state index < -0.39 is 6.10 Å². The molecular formula is C24H23N3O5S. The van der Waals surface area contributed by atoms with E-state index in [1.54, 1.807) is 13.2 Å². The third-order valence-electron chi connectivity index (χ3n) is 5.05. The fraction of sp³-hybridized carbons (Fsp3) is 0.292. The summed E-state index contributed by atoms with van der Waals surface area (Å²) in [5, 5.41) is 4.39. The highest BCUT2D eigenvalue weighted by Crippen LogP contribution is 2.35. The van der Waals surface area contributed by atoms with E-state index in [1.807, 2.05) is 42.5 Å². The number of aromatic nitrogens is 3. The first-order valence-electron chi connectivity index (χ1n) is 10.6. The zero-order valence-electron chi connectivity index (χ0n) is 18.5. The van der Waals surface area contributed by atoms with Crippen molar-refractivity contribution in [3.05, 3.63) is 68.7 Å². The first-order valence-corrected chi connectivity index (χ1v) is 11.4. The highest BCUT2D eigenvalue weighted by atomic mass is 32.1. The summed E-state index contributed by atoms with van der Waals surface area (Å²) in [6, 6.07) is 13.0. The molecule has 0 radical (unpaired) electrons. The molecule has 0 amide bonds. The number of methoxy groups -OCH3 is 1. The quantitative estimate of drug-likeness (QED) is 0.432. The van der Waals surface area contributed by atoms with E-state index in [0.29, 0.717) is 50.8 Å². The number of rotatable bonds is 6. The van der Waals surface area contributed by atoms with Gasteiger partial charge in [0.15, 0.2) is 34.9 Å². The Bertz CT molecular complexity index is 1410. The molecular weight excluding hydrogens is 442 g/mol. The Balaban J connectivity index is 1.42. The average molecular weight is 466 g/mol.